The number of nitrogens with two attached hydrogens (primary N) is 1. The molecule has 4 N–H and O–H groups in total. The molecule has 0 heterocycles. The molecule has 0 aromatic heterocycles. The van der Waals surface area contributed by atoms with E-state index in [1.54, 1.807) is 0 Å². The standard InChI is InChI=1S/C33H42F3N3O7/c1-4-39(14-16-9-7-5-6-8-10-16)15-18-13-21(40)23-19(25(18)33(34,35)36)11-17-12-20-26(38(2)3)28(42)24(31(37)45)30(44)32(20,46)29(43)22(17)27(23)41/h13,16-17,20,22,24,26,40,46H,4-12,14-15H2,1-3H3,(H2,37,45)/t17-,20-,22?,24?,26-,32-/m0/s1. The first-order valence-corrected chi connectivity index (χ1v) is 16.1. The van der Waals surface area contributed by atoms with Crippen molar-refractivity contribution < 1.29 is 47.4 Å². The lowest BCUT2D eigenvalue weighted by Gasteiger charge is -2.52. The van der Waals surface area contributed by atoms with Crippen molar-refractivity contribution in [3.05, 3.63) is 28.3 Å². The van der Waals surface area contributed by atoms with E-state index in [1.165, 1.54) is 19.0 Å². The predicted octanol–water partition coefficient (Wildman–Crippen LogP) is 2.68. The number of benzene rings is 1. The van der Waals surface area contributed by atoms with Crippen molar-refractivity contribution in [3.63, 3.8) is 0 Å². The highest BCUT2D eigenvalue weighted by molar-refractivity contribution is 6.32. The molecule has 3 fully saturated rings. The number of phenols is 1. The van der Waals surface area contributed by atoms with Crippen LogP contribution in [-0.4, -0.2) is 87.9 Å². The van der Waals surface area contributed by atoms with Crippen molar-refractivity contribution in [1.82, 2.24) is 9.80 Å². The Morgan fingerprint density at radius 1 is 1.07 bits per heavy atom. The number of carbonyl (C=O) groups is 5. The number of Topliss-reactive ketones (excluding diaryl/α,β-unsaturated/α-hetero) is 4. The van der Waals surface area contributed by atoms with E-state index >= 15 is 0 Å². The minimum Gasteiger partial charge on any atom is -0.507 e. The predicted molar refractivity (Wildman–Crippen MR) is 159 cm³/mol. The molecular formula is C33H42F3N3O7. The zero-order valence-corrected chi connectivity index (χ0v) is 26.4. The Bertz CT molecular complexity index is 1450. The highest BCUT2D eigenvalue weighted by atomic mass is 19.4. The maximum Gasteiger partial charge on any atom is 0.417 e. The van der Waals surface area contributed by atoms with Crippen LogP contribution in [0.25, 0.3) is 0 Å². The van der Waals surface area contributed by atoms with Crippen molar-refractivity contribution >= 4 is 29.0 Å². The summed E-state index contributed by atoms with van der Waals surface area (Å²) in [5.74, 6) is -12.9. The van der Waals surface area contributed by atoms with Gasteiger partial charge in [-0.05, 0) is 75.4 Å². The van der Waals surface area contributed by atoms with Gasteiger partial charge in [-0.25, -0.2) is 0 Å². The van der Waals surface area contributed by atoms with Gasteiger partial charge in [-0.2, -0.15) is 13.2 Å². The Morgan fingerprint density at radius 2 is 1.70 bits per heavy atom. The molecule has 3 saturated carbocycles. The SMILES string of the molecule is CCN(Cc1cc(O)c2c(c1C(F)(F)F)C[C@H]1C[C@H]3[C@H](N(C)C)C(=O)C(C(N)=O)C(=O)[C@@]3(O)C(=O)C1C2=O)CC1CCCCCC1. The van der Waals surface area contributed by atoms with Crippen LogP contribution in [0.5, 0.6) is 5.75 Å². The van der Waals surface area contributed by atoms with E-state index in [9.17, 15) is 47.4 Å². The maximum absolute atomic E-state index is 14.9. The molecule has 4 aliphatic carbocycles. The van der Waals surface area contributed by atoms with Gasteiger partial charge in [0.05, 0.1) is 23.1 Å². The van der Waals surface area contributed by atoms with Crippen LogP contribution in [0.1, 0.15) is 78.9 Å². The van der Waals surface area contributed by atoms with E-state index in [2.05, 4.69) is 0 Å². The van der Waals surface area contributed by atoms with Gasteiger partial charge in [0.1, 0.15) is 5.75 Å². The van der Waals surface area contributed by atoms with Gasteiger partial charge in [0, 0.05) is 19.0 Å². The van der Waals surface area contributed by atoms with E-state index in [4.69, 9.17) is 5.73 Å². The maximum atomic E-state index is 14.9. The minimum atomic E-state index is -4.90. The largest absolute Gasteiger partial charge is 0.507 e. The molecule has 0 bridgehead atoms. The lowest BCUT2D eigenvalue weighted by Crippen LogP contribution is -2.74. The second kappa shape index (κ2) is 12.5. The van der Waals surface area contributed by atoms with Crippen molar-refractivity contribution in [1.29, 1.82) is 0 Å². The fourth-order valence-electron chi connectivity index (χ4n) is 8.68. The summed E-state index contributed by atoms with van der Waals surface area (Å²) in [5.41, 5.74) is 0.0787. The third-order valence-corrected chi connectivity index (χ3v) is 10.8. The topological polar surface area (TPSA) is 158 Å². The highest BCUT2D eigenvalue weighted by Crippen LogP contribution is 2.52. The Hall–Kier alpha value is -3.16. The van der Waals surface area contributed by atoms with E-state index in [0.29, 0.717) is 19.0 Å². The van der Waals surface area contributed by atoms with Crippen LogP contribution in [0.4, 0.5) is 13.2 Å². The number of phenolic OH excluding ortho intramolecular Hbond substituents is 1. The molecule has 0 spiro atoms. The molecule has 4 aliphatic rings. The molecular weight excluding hydrogens is 607 g/mol. The van der Waals surface area contributed by atoms with Crippen LogP contribution >= 0.6 is 0 Å². The number of ketones is 4. The monoisotopic (exact) mass is 649 g/mol. The fourth-order valence-corrected chi connectivity index (χ4v) is 8.68. The minimum absolute atomic E-state index is 0.105. The van der Waals surface area contributed by atoms with Crippen molar-refractivity contribution in [2.45, 2.75) is 82.7 Å². The average molecular weight is 650 g/mol. The number of likely N-dealkylation sites (N-methyl/N-ethyl adjacent to an activating group) is 1. The number of rotatable bonds is 7. The highest BCUT2D eigenvalue weighted by Gasteiger charge is 2.69. The number of primary amides is 1. The summed E-state index contributed by atoms with van der Waals surface area (Å²) in [6, 6.07) is -0.402. The molecule has 46 heavy (non-hydrogen) atoms. The summed E-state index contributed by atoms with van der Waals surface area (Å²) in [4.78, 5) is 69.9. The number of halogens is 3. The van der Waals surface area contributed by atoms with Crippen LogP contribution in [0.2, 0.25) is 0 Å². The summed E-state index contributed by atoms with van der Waals surface area (Å²) in [7, 11) is 2.88. The summed E-state index contributed by atoms with van der Waals surface area (Å²) in [6.07, 6.45) is 0.742. The Morgan fingerprint density at radius 3 is 2.24 bits per heavy atom. The van der Waals surface area contributed by atoms with E-state index in [0.717, 1.165) is 44.6 Å². The number of fused-ring (bicyclic) bond motifs is 3. The molecule has 1 aromatic rings. The molecule has 252 valence electrons. The molecule has 5 rings (SSSR count). The number of aliphatic hydroxyl groups is 1. The van der Waals surface area contributed by atoms with Gasteiger partial charge in [0.25, 0.3) is 0 Å². The van der Waals surface area contributed by atoms with Crippen molar-refractivity contribution in [3.8, 4) is 5.75 Å². The third kappa shape index (κ3) is 5.57. The van der Waals surface area contributed by atoms with Gasteiger partial charge < -0.3 is 15.9 Å². The Kier molecular flexibility index (Phi) is 9.26. The molecule has 2 unspecified atom stereocenters. The second-order valence-corrected chi connectivity index (χ2v) is 13.8. The van der Waals surface area contributed by atoms with Crippen molar-refractivity contribution in [2.24, 2.45) is 35.3 Å². The smallest absolute Gasteiger partial charge is 0.417 e. The van der Waals surface area contributed by atoms with E-state index in [-0.39, 0.29) is 18.5 Å². The van der Waals surface area contributed by atoms with Gasteiger partial charge in [-0.15, -0.1) is 0 Å². The number of carbonyl (C=O) groups excluding carboxylic acids is 5. The molecule has 1 amide bonds. The van der Waals surface area contributed by atoms with E-state index < -0.39 is 99.4 Å². The second-order valence-electron chi connectivity index (χ2n) is 13.8. The zero-order valence-electron chi connectivity index (χ0n) is 26.4. The lowest BCUT2D eigenvalue weighted by molar-refractivity contribution is -0.181. The molecule has 6 atom stereocenters. The zero-order chi connectivity index (χ0) is 33.9. The number of amides is 1. The quantitative estimate of drug-likeness (QED) is 0.298. The van der Waals surface area contributed by atoms with E-state index in [1.807, 2.05) is 11.8 Å². The first-order chi connectivity index (χ1) is 21.5. The first kappa shape index (κ1) is 34.2. The fraction of sp³-hybridized carbons (Fsp3) is 0.667. The van der Waals surface area contributed by atoms with Crippen molar-refractivity contribution in [2.75, 3.05) is 27.2 Å². The first-order valence-electron chi connectivity index (χ1n) is 16.1. The Labute approximate surface area is 265 Å². The lowest BCUT2D eigenvalue weighted by atomic mass is 9.52. The molecule has 0 aliphatic heterocycles. The molecule has 0 saturated heterocycles. The van der Waals surface area contributed by atoms with Gasteiger partial charge >= 0.3 is 6.18 Å². The van der Waals surface area contributed by atoms with Crippen LogP contribution < -0.4 is 5.73 Å². The third-order valence-electron chi connectivity index (χ3n) is 10.8. The van der Waals surface area contributed by atoms with Gasteiger partial charge in [0.2, 0.25) is 5.91 Å². The average Bonchev–Trinajstić information content (AvgIpc) is 3.22. The number of alkyl halides is 3. The Balaban J connectivity index is 1.57. The van der Waals surface area contributed by atoms with Crippen LogP contribution in [0.3, 0.4) is 0 Å². The van der Waals surface area contributed by atoms with Gasteiger partial charge in [0.15, 0.2) is 34.7 Å². The van der Waals surface area contributed by atoms with Crippen LogP contribution in [-0.2, 0) is 38.3 Å². The summed E-state index contributed by atoms with van der Waals surface area (Å²) in [6.45, 7) is 2.84. The number of hydrogen-bond acceptors (Lipinski definition) is 9. The van der Waals surface area contributed by atoms with Crippen LogP contribution in [0, 0.1) is 29.6 Å². The summed E-state index contributed by atoms with van der Waals surface area (Å²) in [5, 5.41) is 22.8. The summed E-state index contributed by atoms with van der Waals surface area (Å²) >= 11 is 0. The molecule has 1 aromatic carbocycles. The van der Waals surface area contributed by atoms with Crippen LogP contribution in [0.15, 0.2) is 6.07 Å². The van der Waals surface area contributed by atoms with Gasteiger partial charge in [-0.1, -0.05) is 32.6 Å². The molecule has 0 radical (unpaired) electrons. The normalized spacial score (nSPS) is 30.7. The number of hydrogen-bond donors (Lipinski definition) is 3. The molecule has 10 nitrogen and oxygen atoms in total. The molecule has 13 heteroatoms. The number of nitrogens with zero attached hydrogens (tertiary/aromatic N) is 2. The number of aromatic hydroxyl groups is 1. The summed E-state index contributed by atoms with van der Waals surface area (Å²) < 4.78 is 44.8. The van der Waals surface area contributed by atoms with Gasteiger partial charge in [-0.3, -0.25) is 33.8 Å².